The molecular formula is C16H16BrN3O2. The van der Waals surface area contributed by atoms with E-state index in [0.717, 1.165) is 15.8 Å². The van der Waals surface area contributed by atoms with E-state index < -0.39 is 0 Å². The van der Waals surface area contributed by atoms with Gasteiger partial charge >= 0.3 is 0 Å². The van der Waals surface area contributed by atoms with Crippen LogP contribution in [0.5, 0.6) is 0 Å². The van der Waals surface area contributed by atoms with E-state index in [1.165, 1.54) is 0 Å². The Kier molecular flexibility index (Phi) is 4.70. The van der Waals surface area contributed by atoms with Gasteiger partial charge in [-0.1, -0.05) is 12.1 Å². The Balaban J connectivity index is 1.77. The van der Waals surface area contributed by atoms with Crippen LogP contribution in [0, 0.1) is 0 Å². The van der Waals surface area contributed by atoms with Crippen molar-refractivity contribution in [3.63, 3.8) is 0 Å². The zero-order valence-corrected chi connectivity index (χ0v) is 13.5. The average Bonchev–Trinajstić information content (AvgIpc) is 2.57. The lowest BCUT2D eigenvalue weighted by atomic mass is 10.2. The molecule has 0 spiro atoms. The average molecular weight is 362 g/mol. The molecule has 0 atom stereocenters. The van der Waals surface area contributed by atoms with E-state index in [2.05, 4.69) is 26.2 Å². The molecule has 1 fully saturated rings. The lowest BCUT2D eigenvalue weighted by Crippen LogP contribution is -2.41. The molecule has 0 bridgehead atoms. The number of morpholine rings is 1. The van der Waals surface area contributed by atoms with E-state index in [0.29, 0.717) is 32.0 Å². The molecule has 1 aliphatic rings. The Morgan fingerprint density at radius 2 is 2.00 bits per heavy atom. The number of carbonyl (C=O) groups excluding carboxylic acids is 1. The fraction of sp³-hybridized carbons (Fsp3) is 0.250. The minimum absolute atomic E-state index is 0.0564. The fourth-order valence-corrected chi connectivity index (χ4v) is 2.66. The summed E-state index contributed by atoms with van der Waals surface area (Å²) < 4.78 is 6.24. The molecule has 6 heteroatoms. The summed E-state index contributed by atoms with van der Waals surface area (Å²) in [6, 6.07) is 11.5. The van der Waals surface area contributed by atoms with Crippen LogP contribution >= 0.6 is 15.9 Å². The summed E-state index contributed by atoms with van der Waals surface area (Å²) in [6.45, 7) is 2.39. The lowest BCUT2D eigenvalue weighted by molar-refractivity contribution is 0.0299. The summed E-state index contributed by atoms with van der Waals surface area (Å²) >= 11 is 3.50. The first-order valence-corrected chi connectivity index (χ1v) is 7.88. The Bertz CT molecular complexity index is 672. The molecular weight excluding hydrogens is 346 g/mol. The predicted molar refractivity (Wildman–Crippen MR) is 88.4 cm³/mol. The van der Waals surface area contributed by atoms with E-state index >= 15 is 0 Å². The van der Waals surface area contributed by atoms with Crippen LogP contribution in [0.4, 0.5) is 11.4 Å². The van der Waals surface area contributed by atoms with E-state index in [1.807, 2.05) is 30.3 Å². The van der Waals surface area contributed by atoms with Gasteiger partial charge in [-0.05, 0) is 40.2 Å². The van der Waals surface area contributed by atoms with Crippen molar-refractivity contribution >= 4 is 33.2 Å². The number of pyridine rings is 1. The quantitative estimate of drug-likeness (QED) is 0.912. The molecule has 1 saturated heterocycles. The normalized spacial score (nSPS) is 14.7. The molecule has 0 radical (unpaired) electrons. The van der Waals surface area contributed by atoms with Crippen LogP contribution in [0.15, 0.2) is 47.1 Å². The second-order valence-electron chi connectivity index (χ2n) is 4.94. The molecule has 0 aliphatic carbocycles. The van der Waals surface area contributed by atoms with Crippen LogP contribution in [0.2, 0.25) is 0 Å². The molecule has 0 saturated carbocycles. The Hall–Kier alpha value is -1.92. The summed E-state index contributed by atoms with van der Waals surface area (Å²) in [4.78, 5) is 18.4. The topological polar surface area (TPSA) is 54.5 Å². The molecule has 2 heterocycles. The first kappa shape index (κ1) is 15.0. The second-order valence-corrected chi connectivity index (χ2v) is 5.79. The monoisotopic (exact) mass is 361 g/mol. The van der Waals surface area contributed by atoms with Gasteiger partial charge in [0.1, 0.15) is 5.69 Å². The lowest BCUT2D eigenvalue weighted by Gasteiger charge is -2.26. The highest BCUT2D eigenvalue weighted by molar-refractivity contribution is 9.10. The van der Waals surface area contributed by atoms with Crippen LogP contribution in [0.1, 0.15) is 10.5 Å². The molecule has 1 aromatic carbocycles. The summed E-state index contributed by atoms with van der Waals surface area (Å²) in [6.07, 6.45) is 1.65. The minimum atomic E-state index is -0.0564. The van der Waals surface area contributed by atoms with Gasteiger partial charge in [0.25, 0.3) is 5.91 Å². The number of para-hydroxylation sites is 1. The minimum Gasteiger partial charge on any atom is -0.378 e. The fourth-order valence-electron chi connectivity index (χ4n) is 2.27. The van der Waals surface area contributed by atoms with Crippen molar-refractivity contribution in [3.05, 3.63) is 52.8 Å². The predicted octanol–water partition coefficient (Wildman–Crippen LogP) is 3.06. The third-order valence-electron chi connectivity index (χ3n) is 3.43. The molecule has 1 aromatic heterocycles. The number of hydrogen-bond donors (Lipinski definition) is 1. The van der Waals surface area contributed by atoms with Crippen LogP contribution in [0.25, 0.3) is 0 Å². The molecule has 2 aromatic rings. The first-order chi connectivity index (χ1) is 10.7. The molecule has 0 unspecified atom stereocenters. The van der Waals surface area contributed by atoms with Crippen LogP contribution < -0.4 is 5.32 Å². The summed E-state index contributed by atoms with van der Waals surface area (Å²) in [7, 11) is 0. The van der Waals surface area contributed by atoms with Crippen LogP contribution in [-0.4, -0.2) is 42.1 Å². The first-order valence-electron chi connectivity index (χ1n) is 7.09. The zero-order valence-electron chi connectivity index (χ0n) is 12.0. The Morgan fingerprint density at radius 1 is 1.23 bits per heavy atom. The third kappa shape index (κ3) is 3.45. The molecule has 3 rings (SSSR count). The van der Waals surface area contributed by atoms with Gasteiger partial charge in [-0.2, -0.15) is 0 Å². The standard InChI is InChI=1S/C16H16BrN3O2/c17-13-3-1-2-4-14(13)19-12-5-6-18-15(11-12)16(21)20-7-9-22-10-8-20/h1-6,11H,7-10H2,(H,18,19). The van der Waals surface area contributed by atoms with E-state index in [-0.39, 0.29) is 5.91 Å². The number of rotatable bonds is 3. The number of nitrogens with one attached hydrogen (secondary N) is 1. The maximum Gasteiger partial charge on any atom is 0.272 e. The van der Waals surface area contributed by atoms with Gasteiger partial charge < -0.3 is 15.0 Å². The van der Waals surface area contributed by atoms with Gasteiger partial charge in [-0.15, -0.1) is 0 Å². The highest BCUT2D eigenvalue weighted by atomic mass is 79.9. The molecule has 22 heavy (non-hydrogen) atoms. The van der Waals surface area contributed by atoms with Crippen LogP contribution in [-0.2, 0) is 4.74 Å². The highest BCUT2D eigenvalue weighted by Crippen LogP contribution is 2.25. The largest absolute Gasteiger partial charge is 0.378 e. The van der Waals surface area contributed by atoms with Crippen molar-refractivity contribution in [2.24, 2.45) is 0 Å². The summed E-state index contributed by atoms with van der Waals surface area (Å²) in [5.74, 6) is -0.0564. The molecule has 114 valence electrons. The van der Waals surface area contributed by atoms with Crippen molar-refractivity contribution < 1.29 is 9.53 Å². The number of amides is 1. The SMILES string of the molecule is O=C(c1cc(Nc2ccccc2Br)ccn1)N1CCOCC1. The highest BCUT2D eigenvalue weighted by Gasteiger charge is 2.19. The number of hydrogen-bond acceptors (Lipinski definition) is 4. The van der Waals surface area contributed by atoms with E-state index in [4.69, 9.17) is 4.74 Å². The number of benzene rings is 1. The van der Waals surface area contributed by atoms with E-state index in [9.17, 15) is 4.79 Å². The van der Waals surface area contributed by atoms with Gasteiger partial charge in [0.05, 0.1) is 18.9 Å². The molecule has 5 nitrogen and oxygen atoms in total. The number of ether oxygens (including phenoxy) is 1. The number of anilines is 2. The molecule has 1 aliphatic heterocycles. The molecule has 1 amide bonds. The zero-order chi connectivity index (χ0) is 15.4. The van der Waals surface area contributed by atoms with Gasteiger partial charge in [-0.25, -0.2) is 0 Å². The van der Waals surface area contributed by atoms with Crippen molar-refractivity contribution in [2.45, 2.75) is 0 Å². The smallest absolute Gasteiger partial charge is 0.272 e. The second kappa shape index (κ2) is 6.89. The van der Waals surface area contributed by atoms with Gasteiger partial charge in [0, 0.05) is 29.4 Å². The van der Waals surface area contributed by atoms with Crippen molar-refractivity contribution in [1.29, 1.82) is 0 Å². The number of nitrogens with zero attached hydrogens (tertiary/aromatic N) is 2. The third-order valence-corrected chi connectivity index (χ3v) is 4.12. The van der Waals surface area contributed by atoms with Gasteiger partial charge in [0.15, 0.2) is 0 Å². The number of halogens is 1. The maximum atomic E-state index is 12.4. The summed E-state index contributed by atoms with van der Waals surface area (Å²) in [5, 5.41) is 3.29. The number of aromatic nitrogens is 1. The summed E-state index contributed by atoms with van der Waals surface area (Å²) in [5.41, 5.74) is 2.22. The number of carbonyl (C=O) groups is 1. The van der Waals surface area contributed by atoms with Crippen LogP contribution in [0.3, 0.4) is 0 Å². The van der Waals surface area contributed by atoms with Gasteiger partial charge in [-0.3, -0.25) is 9.78 Å². The van der Waals surface area contributed by atoms with Crippen molar-refractivity contribution in [1.82, 2.24) is 9.88 Å². The van der Waals surface area contributed by atoms with E-state index in [1.54, 1.807) is 17.2 Å². The van der Waals surface area contributed by atoms with Crippen molar-refractivity contribution in [3.8, 4) is 0 Å². The molecule has 1 N–H and O–H groups in total. The Morgan fingerprint density at radius 3 is 2.77 bits per heavy atom. The maximum absolute atomic E-state index is 12.4. The Labute approximate surface area is 137 Å². The van der Waals surface area contributed by atoms with Crippen molar-refractivity contribution in [2.75, 3.05) is 31.6 Å². The van der Waals surface area contributed by atoms with Gasteiger partial charge in [0.2, 0.25) is 0 Å².